The van der Waals surface area contributed by atoms with Gasteiger partial charge in [-0.25, -0.2) is 15.0 Å². The maximum absolute atomic E-state index is 5.93. The minimum atomic E-state index is 0.0305. The third-order valence-electron chi connectivity index (χ3n) is 4.77. The number of hydrogen-bond donors (Lipinski definition) is 1. The molecule has 4 heterocycles. The molecule has 0 spiro atoms. The summed E-state index contributed by atoms with van der Waals surface area (Å²) < 4.78 is 5.70. The molecule has 0 aliphatic carbocycles. The Kier molecular flexibility index (Phi) is 3.90. The zero-order valence-electron chi connectivity index (χ0n) is 13.2. The number of aliphatic imine (C=N–C) groups is 2. The molecule has 1 saturated heterocycles. The quantitative estimate of drug-likeness (QED) is 0.900. The third kappa shape index (κ3) is 2.79. The monoisotopic (exact) mass is 331 g/mol. The molecule has 1 aromatic rings. The lowest BCUT2D eigenvalue weighted by atomic mass is 9.87. The zero-order chi connectivity index (χ0) is 15.8. The van der Waals surface area contributed by atoms with Gasteiger partial charge in [-0.2, -0.15) is 0 Å². The van der Waals surface area contributed by atoms with E-state index in [9.17, 15) is 0 Å². The van der Waals surface area contributed by atoms with Crippen LogP contribution in [0, 0.1) is 5.92 Å². The molecule has 3 aliphatic rings. The van der Waals surface area contributed by atoms with E-state index in [1.807, 2.05) is 11.6 Å². The molecule has 0 aromatic carbocycles. The molecule has 0 amide bonds. The highest BCUT2D eigenvalue weighted by Gasteiger charge is 2.39. The number of nitrogens with zero attached hydrogens (tertiary/aromatic N) is 4. The van der Waals surface area contributed by atoms with Crippen molar-refractivity contribution >= 4 is 28.6 Å². The fourth-order valence-electron chi connectivity index (χ4n) is 3.61. The molecule has 0 bridgehead atoms. The molecule has 122 valence electrons. The fraction of sp³-hybridized carbons (Fsp3) is 0.562. The summed E-state index contributed by atoms with van der Waals surface area (Å²) in [6.07, 6.45) is 7.24. The topological polar surface area (TPSA) is 76.1 Å². The van der Waals surface area contributed by atoms with Crippen molar-refractivity contribution in [2.24, 2.45) is 21.6 Å². The zero-order valence-corrected chi connectivity index (χ0v) is 14.0. The maximum Gasteiger partial charge on any atom is 0.217 e. The second-order valence-electron chi connectivity index (χ2n) is 6.27. The van der Waals surface area contributed by atoms with E-state index in [1.165, 1.54) is 5.57 Å². The number of fused-ring (bicyclic) bond motifs is 1. The molecule has 7 heteroatoms. The molecule has 1 aromatic heterocycles. The van der Waals surface area contributed by atoms with Crippen molar-refractivity contribution in [2.75, 3.05) is 13.2 Å². The van der Waals surface area contributed by atoms with E-state index in [2.05, 4.69) is 33.0 Å². The van der Waals surface area contributed by atoms with Crippen molar-refractivity contribution in [1.29, 1.82) is 0 Å². The lowest BCUT2D eigenvalue weighted by molar-refractivity contribution is 0.0154. The number of ether oxygens (including phenoxy) is 1. The number of thiazole rings is 1. The Morgan fingerprint density at radius 3 is 3.09 bits per heavy atom. The van der Waals surface area contributed by atoms with E-state index in [0.29, 0.717) is 12.0 Å². The molecule has 4 rings (SSSR count). The summed E-state index contributed by atoms with van der Waals surface area (Å²) in [7, 11) is 0. The second kappa shape index (κ2) is 6.05. The van der Waals surface area contributed by atoms with Crippen molar-refractivity contribution in [3.05, 3.63) is 22.8 Å². The Labute approximate surface area is 139 Å². The van der Waals surface area contributed by atoms with Gasteiger partial charge in [-0.05, 0) is 26.2 Å². The predicted octanol–water partition coefficient (Wildman–Crippen LogP) is 2.10. The van der Waals surface area contributed by atoms with Gasteiger partial charge in [0.2, 0.25) is 5.96 Å². The van der Waals surface area contributed by atoms with Gasteiger partial charge in [-0.1, -0.05) is 0 Å². The van der Waals surface area contributed by atoms with Crippen LogP contribution in [-0.2, 0) is 4.74 Å². The van der Waals surface area contributed by atoms with Crippen molar-refractivity contribution in [1.82, 2.24) is 9.88 Å². The lowest BCUT2D eigenvalue weighted by Gasteiger charge is -2.45. The normalized spacial score (nSPS) is 31.1. The Hall–Kier alpha value is -1.73. The molecular formula is C16H21N5OS. The molecule has 1 fully saturated rings. The minimum absolute atomic E-state index is 0.0305. The predicted molar refractivity (Wildman–Crippen MR) is 92.4 cm³/mol. The molecule has 23 heavy (non-hydrogen) atoms. The number of allylic oxidation sites excluding steroid dienone is 1. The Morgan fingerprint density at radius 2 is 2.35 bits per heavy atom. The summed E-state index contributed by atoms with van der Waals surface area (Å²) in [6.45, 7) is 3.66. The van der Waals surface area contributed by atoms with Crippen LogP contribution in [0.3, 0.4) is 0 Å². The third-order valence-corrected chi connectivity index (χ3v) is 5.62. The van der Waals surface area contributed by atoms with Gasteiger partial charge in [0.1, 0.15) is 11.2 Å². The summed E-state index contributed by atoms with van der Waals surface area (Å²) in [5.41, 5.74) is 8.25. The highest BCUT2D eigenvalue weighted by atomic mass is 32.1. The molecule has 2 unspecified atom stereocenters. The van der Waals surface area contributed by atoms with Crippen LogP contribution in [0.4, 0.5) is 0 Å². The van der Waals surface area contributed by atoms with Crippen LogP contribution in [0.2, 0.25) is 0 Å². The molecule has 6 nitrogen and oxygen atoms in total. The minimum Gasteiger partial charge on any atom is -0.379 e. The summed E-state index contributed by atoms with van der Waals surface area (Å²) >= 11 is 1.68. The van der Waals surface area contributed by atoms with Gasteiger partial charge in [-0.3, -0.25) is 0 Å². The summed E-state index contributed by atoms with van der Waals surface area (Å²) in [5, 5.41) is 3.11. The first-order valence-corrected chi connectivity index (χ1v) is 8.94. The average molecular weight is 331 g/mol. The van der Waals surface area contributed by atoms with Gasteiger partial charge in [0.05, 0.1) is 12.6 Å². The molecular weight excluding hydrogens is 310 g/mol. The SMILES string of the molecule is CC1=NC(N)=NC2C1CC(c1nccs1)=CN2[C@H]1CCCOC1. The smallest absolute Gasteiger partial charge is 0.217 e. The van der Waals surface area contributed by atoms with Crippen LogP contribution in [0.5, 0.6) is 0 Å². The Bertz CT molecular complexity index is 660. The van der Waals surface area contributed by atoms with E-state index in [4.69, 9.17) is 10.5 Å². The van der Waals surface area contributed by atoms with E-state index in [-0.39, 0.29) is 12.1 Å². The van der Waals surface area contributed by atoms with Crippen molar-refractivity contribution in [3.63, 3.8) is 0 Å². The van der Waals surface area contributed by atoms with Crippen LogP contribution in [-0.4, -0.2) is 47.0 Å². The number of hydrogen-bond acceptors (Lipinski definition) is 7. The van der Waals surface area contributed by atoms with Crippen LogP contribution >= 0.6 is 11.3 Å². The summed E-state index contributed by atoms with van der Waals surface area (Å²) in [6, 6.07) is 0.342. The van der Waals surface area contributed by atoms with Crippen molar-refractivity contribution in [3.8, 4) is 0 Å². The molecule has 0 radical (unpaired) electrons. The molecule has 3 aliphatic heterocycles. The Morgan fingerprint density at radius 1 is 1.43 bits per heavy atom. The van der Waals surface area contributed by atoms with Gasteiger partial charge in [0.25, 0.3) is 0 Å². The average Bonchev–Trinajstić information content (AvgIpc) is 3.09. The van der Waals surface area contributed by atoms with Gasteiger partial charge < -0.3 is 15.4 Å². The van der Waals surface area contributed by atoms with Crippen molar-refractivity contribution < 1.29 is 4.74 Å². The summed E-state index contributed by atoms with van der Waals surface area (Å²) in [4.78, 5) is 15.9. The van der Waals surface area contributed by atoms with Crippen LogP contribution in [0.25, 0.3) is 5.57 Å². The van der Waals surface area contributed by atoms with E-state index >= 15 is 0 Å². The second-order valence-corrected chi connectivity index (χ2v) is 7.17. The molecule has 2 N–H and O–H groups in total. The van der Waals surface area contributed by atoms with E-state index in [0.717, 1.165) is 43.2 Å². The number of guanidine groups is 1. The maximum atomic E-state index is 5.93. The lowest BCUT2D eigenvalue weighted by Crippen LogP contribution is -2.51. The first-order valence-electron chi connectivity index (χ1n) is 8.06. The van der Waals surface area contributed by atoms with Crippen molar-refractivity contribution in [2.45, 2.75) is 38.4 Å². The summed E-state index contributed by atoms with van der Waals surface area (Å²) in [5.74, 6) is 0.643. The molecule has 0 saturated carbocycles. The van der Waals surface area contributed by atoms with Crippen LogP contribution in [0.15, 0.2) is 27.8 Å². The van der Waals surface area contributed by atoms with Gasteiger partial charge >= 0.3 is 0 Å². The highest BCUT2D eigenvalue weighted by Crippen LogP contribution is 2.38. The fourth-order valence-corrected chi connectivity index (χ4v) is 4.27. The van der Waals surface area contributed by atoms with Crippen LogP contribution < -0.4 is 5.73 Å². The van der Waals surface area contributed by atoms with Gasteiger partial charge in [0, 0.05) is 41.6 Å². The standard InChI is InChI=1S/C16H21N5OS/c1-10-13-7-11(15-18-4-6-23-15)8-21(12-3-2-5-22-9-12)14(13)20-16(17)19-10/h4,6,8,12-14H,2-3,5,7,9H2,1H3,(H2,17,20)/t12-,13?,14?/m0/s1. The largest absolute Gasteiger partial charge is 0.379 e. The molecule has 3 atom stereocenters. The number of rotatable bonds is 2. The van der Waals surface area contributed by atoms with Crippen LogP contribution in [0.1, 0.15) is 31.2 Å². The van der Waals surface area contributed by atoms with E-state index in [1.54, 1.807) is 11.3 Å². The van der Waals surface area contributed by atoms with E-state index < -0.39 is 0 Å². The first kappa shape index (κ1) is 14.8. The van der Waals surface area contributed by atoms with Gasteiger partial charge in [0.15, 0.2) is 0 Å². The Balaban J connectivity index is 1.72. The highest BCUT2D eigenvalue weighted by molar-refractivity contribution is 7.10. The first-order chi connectivity index (χ1) is 11.2. The van der Waals surface area contributed by atoms with Gasteiger partial charge in [-0.15, -0.1) is 11.3 Å². The number of aromatic nitrogens is 1. The number of nitrogens with two attached hydrogens (primary N) is 1.